The van der Waals surface area contributed by atoms with E-state index in [1.807, 2.05) is 0 Å². The molecule has 0 unspecified atom stereocenters. The van der Waals surface area contributed by atoms with Gasteiger partial charge in [-0.15, -0.1) is 0 Å². The molecule has 0 saturated heterocycles. The Labute approximate surface area is 146 Å². The van der Waals surface area contributed by atoms with Gasteiger partial charge in [0.1, 0.15) is 17.2 Å². The quantitative estimate of drug-likeness (QED) is 0.771. The number of hydrogen-bond donors (Lipinski definition) is 2. The van der Waals surface area contributed by atoms with Crippen molar-refractivity contribution in [2.45, 2.75) is 11.3 Å². The minimum atomic E-state index is -0.971. The summed E-state index contributed by atoms with van der Waals surface area (Å²) in [5.41, 5.74) is 4.48. The number of carbonyl (C=O) groups excluding carboxylic acids is 3. The molecule has 0 radical (unpaired) electrons. The Balaban J connectivity index is 2.19. The van der Waals surface area contributed by atoms with Crippen molar-refractivity contribution in [2.75, 3.05) is 6.54 Å². The fraction of sp³-hybridized carbons (Fsp3) is 0.118. The molecule has 0 aliphatic heterocycles. The molecule has 0 aliphatic carbocycles. The summed E-state index contributed by atoms with van der Waals surface area (Å²) in [6, 6.07) is 9.26. The Kier molecular flexibility index (Phi) is 6.24. The van der Waals surface area contributed by atoms with E-state index >= 15 is 0 Å². The molecular formula is C17H14F2N2O3S. The number of nitrogens with one attached hydrogen (secondary N) is 1. The van der Waals surface area contributed by atoms with Gasteiger partial charge in [-0.25, -0.2) is 8.78 Å². The third kappa shape index (κ3) is 4.87. The maximum Gasteiger partial charge on any atom is 0.252 e. The number of hydrogen-bond acceptors (Lipinski definition) is 4. The van der Waals surface area contributed by atoms with Gasteiger partial charge in [0.15, 0.2) is 0 Å². The van der Waals surface area contributed by atoms with Gasteiger partial charge in [0.2, 0.25) is 11.0 Å². The number of primary amides is 1. The van der Waals surface area contributed by atoms with Crippen molar-refractivity contribution in [3.63, 3.8) is 0 Å². The molecule has 2 rings (SSSR count). The van der Waals surface area contributed by atoms with Crippen LogP contribution >= 0.6 is 11.8 Å². The van der Waals surface area contributed by atoms with E-state index in [2.05, 4.69) is 5.32 Å². The number of nitrogens with two attached hydrogens (primary N) is 1. The maximum absolute atomic E-state index is 13.7. The topological polar surface area (TPSA) is 89.3 Å². The smallest absolute Gasteiger partial charge is 0.252 e. The van der Waals surface area contributed by atoms with Crippen LogP contribution in [0.25, 0.3) is 0 Å². The van der Waals surface area contributed by atoms with Crippen LogP contribution in [-0.2, 0) is 4.79 Å². The van der Waals surface area contributed by atoms with Gasteiger partial charge < -0.3 is 11.1 Å². The zero-order valence-electron chi connectivity index (χ0n) is 12.9. The van der Waals surface area contributed by atoms with Crippen molar-refractivity contribution in [1.82, 2.24) is 5.32 Å². The molecule has 0 bridgehead atoms. The number of benzene rings is 2. The van der Waals surface area contributed by atoms with E-state index in [0.717, 1.165) is 18.2 Å². The van der Waals surface area contributed by atoms with Gasteiger partial charge >= 0.3 is 0 Å². The van der Waals surface area contributed by atoms with Crippen LogP contribution in [0, 0.1) is 11.6 Å². The summed E-state index contributed by atoms with van der Waals surface area (Å²) in [4.78, 5) is 35.3. The lowest BCUT2D eigenvalue weighted by molar-refractivity contribution is -0.117. The first-order valence-corrected chi connectivity index (χ1v) is 8.03. The second-order valence-corrected chi connectivity index (χ2v) is 5.97. The van der Waals surface area contributed by atoms with Crippen LogP contribution < -0.4 is 11.1 Å². The van der Waals surface area contributed by atoms with Crippen molar-refractivity contribution in [3.8, 4) is 0 Å². The SMILES string of the molecule is NC(=O)CCNC(=O)c1ccccc1SC(=O)c1c(F)cccc1F. The number of carbonyl (C=O) groups is 3. The van der Waals surface area contributed by atoms with E-state index < -0.39 is 34.1 Å². The lowest BCUT2D eigenvalue weighted by Crippen LogP contribution is -2.28. The summed E-state index contributed by atoms with van der Waals surface area (Å²) in [6.07, 6.45) is -0.0274. The zero-order chi connectivity index (χ0) is 18.4. The van der Waals surface area contributed by atoms with Gasteiger partial charge in [0.25, 0.3) is 5.91 Å². The van der Waals surface area contributed by atoms with Crippen LogP contribution in [0.1, 0.15) is 27.1 Å². The van der Waals surface area contributed by atoms with Crippen LogP contribution in [-0.4, -0.2) is 23.5 Å². The lowest BCUT2D eigenvalue weighted by Gasteiger charge is -2.09. The fourth-order valence-electron chi connectivity index (χ4n) is 1.98. The highest BCUT2D eigenvalue weighted by Crippen LogP contribution is 2.28. The number of rotatable bonds is 6. The summed E-state index contributed by atoms with van der Waals surface area (Å²) >= 11 is 0.548. The van der Waals surface area contributed by atoms with Crippen molar-refractivity contribution < 1.29 is 23.2 Å². The predicted octanol–water partition coefficient (Wildman–Crippen LogP) is 2.50. The van der Waals surface area contributed by atoms with Gasteiger partial charge in [-0.3, -0.25) is 14.4 Å². The second-order valence-electron chi connectivity index (χ2n) is 4.95. The molecule has 0 fully saturated rings. The van der Waals surface area contributed by atoms with Crippen molar-refractivity contribution >= 4 is 28.7 Å². The average Bonchev–Trinajstić information content (AvgIpc) is 2.54. The molecule has 25 heavy (non-hydrogen) atoms. The first-order valence-electron chi connectivity index (χ1n) is 7.22. The molecule has 2 aromatic carbocycles. The summed E-state index contributed by atoms with van der Waals surface area (Å²) < 4.78 is 27.4. The summed E-state index contributed by atoms with van der Waals surface area (Å²) in [5.74, 6) is -3.03. The van der Waals surface area contributed by atoms with Crippen LogP contribution in [0.2, 0.25) is 0 Å². The highest BCUT2D eigenvalue weighted by Gasteiger charge is 2.21. The Morgan fingerprint density at radius 1 is 1.00 bits per heavy atom. The van der Waals surface area contributed by atoms with Gasteiger partial charge in [0.05, 0.1) is 5.56 Å². The minimum Gasteiger partial charge on any atom is -0.370 e. The Morgan fingerprint density at radius 3 is 2.28 bits per heavy atom. The van der Waals surface area contributed by atoms with Crippen LogP contribution in [0.4, 0.5) is 8.78 Å². The molecule has 2 aromatic rings. The lowest BCUT2D eigenvalue weighted by atomic mass is 10.2. The van der Waals surface area contributed by atoms with E-state index in [1.54, 1.807) is 12.1 Å². The molecule has 8 heteroatoms. The third-order valence-corrected chi connectivity index (χ3v) is 4.12. The van der Waals surface area contributed by atoms with Gasteiger partial charge in [-0.05, 0) is 36.0 Å². The highest BCUT2D eigenvalue weighted by molar-refractivity contribution is 8.14. The molecule has 2 amide bonds. The highest BCUT2D eigenvalue weighted by atomic mass is 32.2. The monoisotopic (exact) mass is 364 g/mol. The summed E-state index contributed by atoms with van der Waals surface area (Å²) in [5, 5.41) is 1.64. The van der Waals surface area contributed by atoms with Crippen LogP contribution in [0.3, 0.4) is 0 Å². The standard InChI is InChI=1S/C17H14F2N2O3S/c18-11-5-3-6-12(19)15(11)17(24)25-13-7-2-1-4-10(13)16(23)21-9-8-14(20)22/h1-7H,8-9H2,(H2,20,22)(H,21,23). The fourth-order valence-corrected chi connectivity index (χ4v) is 2.90. The molecule has 130 valence electrons. The second kappa shape index (κ2) is 8.39. The van der Waals surface area contributed by atoms with E-state index in [0.29, 0.717) is 11.8 Å². The van der Waals surface area contributed by atoms with Crippen molar-refractivity contribution in [1.29, 1.82) is 0 Å². The van der Waals surface area contributed by atoms with Gasteiger partial charge in [-0.1, -0.05) is 18.2 Å². The minimum absolute atomic E-state index is 0.0274. The largest absolute Gasteiger partial charge is 0.370 e. The van der Waals surface area contributed by atoms with Crippen molar-refractivity contribution in [3.05, 3.63) is 65.2 Å². The molecule has 0 spiro atoms. The number of amides is 2. The molecule has 0 heterocycles. The first kappa shape index (κ1) is 18.6. The van der Waals surface area contributed by atoms with Gasteiger partial charge in [-0.2, -0.15) is 0 Å². The molecule has 0 saturated carbocycles. The van der Waals surface area contributed by atoms with Crippen LogP contribution in [0.5, 0.6) is 0 Å². The zero-order valence-corrected chi connectivity index (χ0v) is 13.7. The molecule has 0 aromatic heterocycles. The molecule has 5 nitrogen and oxygen atoms in total. The molecular weight excluding hydrogens is 350 g/mol. The van der Waals surface area contributed by atoms with Crippen LogP contribution in [0.15, 0.2) is 47.4 Å². The average molecular weight is 364 g/mol. The normalized spacial score (nSPS) is 10.3. The Hall–Kier alpha value is -2.74. The molecule has 0 aliphatic rings. The molecule has 0 atom stereocenters. The van der Waals surface area contributed by atoms with E-state index in [4.69, 9.17) is 5.73 Å². The van der Waals surface area contributed by atoms with E-state index in [-0.39, 0.29) is 23.4 Å². The van der Waals surface area contributed by atoms with Gasteiger partial charge in [0, 0.05) is 17.9 Å². The van der Waals surface area contributed by atoms with Crippen molar-refractivity contribution in [2.24, 2.45) is 5.73 Å². The number of thioether (sulfide) groups is 1. The Bertz CT molecular complexity index is 807. The third-order valence-electron chi connectivity index (χ3n) is 3.16. The summed E-state index contributed by atoms with van der Waals surface area (Å²) in [7, 11) is 0. The maximum atomic E-state index is 13.7. The predicted molar refractivity (Wildman–Crippen MR) is 89.1 cm³/mol. The van der Waals surface area contributed by atoms with E-state index in [9.17, 15) is 23.2 Å². The molecule has 3 N–H and O–H groups in total. The first-order chi connectivity index (χ1) is 11.9. The Morgan fingerprint density at radius 2 is 1.64 bits per heavy atom. The number of halogens is 2. The summed E-state index contributed by atoms with van der Waals surface area (Å²) in [6.45, 7) is 0.0447. The van der Waals surface area contributed by atoms with E-state index in [1.165, 1.54) is 12.1 Å².